The van der Waals surface area contributed by atoms with E-state index in [2.05, 4.69) is 4.98 Å². The van der Waals surface area contributed by atoms with Gasteiger partial charge >= 0.3 is 5.97 Å². The number of halogens is 1. The Labute approximate surface area is 134 Å². The van der Waals surface area contributed by atoms with Gasteiger partial charge in [-0.1, -0.05) is 30.3 Å². The molecule has 0 spiro atoms. The largest absolute Gasteiger partial charge is 0.466 e. The highest BCUT2D eigenvalue weighted by Crippen LogP contribution is 2.33. The molecule has 1 N–H and O–H groups in total. The zero-order chi connectivity index (χ0) is 16.2. The standard InChI is InChI=1S/C19H18FNO2/c1-2-23-19(22)11-16(13-7-9-14(20)10-8-13)17-12-21-18-6-4-3-5-15(17)18/h3-10,12,16,21H,2,11H2,1H3/t16-/m1/s1. The van der Waals surface area contributed by atoms with Crippen LogP contribution in [0.5, 0.6) is 0 Å². The molecule has 0 amide bonds. The molecule has 1 heterocycles. The minimum Gasteiger partial charge on any atom is -0.466 e. The van der Waals surface area contributed by atoms with Gasteiger partial charge < -0.3 is 9.72 Å². The molecule has 0 bridgehead atoms. The third-order valence-electron chi connectivity index (χ3n) is 3.95. The van der Waals surface area contributed by atoms with Crippen LogP contribution in [-0.4, -0.2) is 17.6 Å². The van der Waals surface area contributed by atoms with Crippen LogP contribution in [0.15, 0.2) is 54.7 Å². The summed E-state index contributed by atoms with van der Waals surface area (Å²) < 4.78 is 18.3. The molecule has 3 nitrogen and oxygen atoms in total. The maximum Gasteiger partial charge on any atom is 0.306 e. The number of aromatic amines is 1. The van der Waals surface area contributed by atoms with Gasteiger partial charge in [0, 0.05) is 23.0 Å². The third kappa shape index (κ3) is 3.26. The number of fused-ring (bicyclic) bond motifs is 1. The first-order valence-electron chi connectivity index (χ1n) is 7.66. The zero-order valence-electron chi connectivity index (χ0n) is 12.9. The van der Waals surface area contributed by atoms with Gasteiger partial charge in [0.25, 0.3) is 0 Å². The van der Waals surface area contributed by atoms with E-state index >= 15 is 0 Å². The van der Waals surface area contributed by atoms with Crippen molar-refractivity contribution in [2.75, 3.05) is 6.61 Å². The Morgan fingerprint density at radius 1 is 1.17 bits per heavy atom. The number of para-hydroxylation sites is 1. The summed E-state index contributed by atoms with van der Waals surface area (Å²) in [4.78, 5) is 15.2. The number of hydrogen-bond acceptors (Lipinski definition) is 2. The molecular formula is C19H18FNO2. The van der Waals surface area contributed by atoms with E-state index in [1.165, 1.54) is 12.1 Å². The van der Waals surface area contributed by atoms with Gasteiger partial charge in [0.05, 0.1) is 13.0 Å². The SMILES string of the molecule is CCOC(=O)C[C@H](c1ccc(F)cc1)c1c[nH]c2ccccc12. The van der Waals surface area contributed by atoms with Crippen LogP contribution in [0.2, 0.25) is 0 Å². The zero-order valence-corrected chi connectivity index (χ0v) is 12.9. The second-order valence-electron chi connectivity index (χ2n) is 5.40. The maximum absolute atomic E-state index is 13.2. The molecule has 4 heteroatoms. The Bertz CT molecular complexity index is 808. The minimum absolute atomic E-state index is 0.175. The van der Waals surface area contributed by atoms with Gasteiger partial charge in [0.1, 0.15) is 5.82 Å². The van der Waals surface area contributed by atoms with Crippen molar-refractivity contribution in [2.24, 2.45) is 0 Å². The predicted molar refractivity (Wildman–Crippen MR) is 87.8 cm³/mol. The monoisotopic (exact) mass is 311 g/mol. The Morgan fingerprint density at radius 3 is 2.65 bits per heavy atom. The minimum atomic E-state index is -0.289. The van der Waals surface area contributed by atoms with Crippen molar-refractivity contribution in [1.82, 2.24) is 4.98 Å². The number of nitrogens with one attached hydrogen (secondary N) is 1. The summed E-state index contributed by atoms with van der Waals surface area (Å²) in [5.74, 6) is -0.722. The number of rotatable bonds is 5. The fourth-order valence-corrected chi connectivity index (χ4v) is 2.87. The molecule has 0 fully saturated rings. The molecule has 23 heavy (non-hydrogen) atoms. The van der Waals surface area contributed by atoms with Crippen LogP contribution in [-0.2, 0) is 9.53 Å². The number of H-pyrrole nitrogens is 1. The molecule has 0 aliphatic carbocycles. The number of benzene rings is 2. The Balaban J connectivity index is 2.03. The summed E-state index contributed by atoms with van der Waals surface area (Å²) in [5, 5.41) is 1.06. The van der Waals surface area contributed by atoms with Crippen molar-refractivity contribution in [1.29, 1.82) is 0 Å². The number of ether oxygens (including phenoxy) is 1. The first-order valence-corrected chi connectivity index (χ1v) is 7.66. The highest BCUT2D eigenvalue weighted by atomic mass is 19.1. The molecule has 0 radical (unpaired) electrons. The topological polar surface area (TPSA) is 42.1 Å². The van der Waals surface area contributed by atoms with E-state index in [4.69, 9.17) is 4.74 Å². The summed E-state index contributed by atoms with van der Waals surface area (Å²) in [6.45, 7) is 2.14. The number of carbonyl (C=O) groups is 1. The molecule has 2 aromatic carbocycles. The summed E-state index contributed by atoms with van der Waals surface area (Å²) in [6.07, 6.45) is 2.14. The van der Waals surface area contributed by atoms with Gasteiger partial charge in [-0.15, -0.1) is 0 Å². The molecule has 0 saturated heterocycles. The molecule has 118 valence electrons. The molecule has 1 atom stereocenters. The van der Waals surface area contributed by atoms with E-state index in [9.17, 15) is 9.18 Å². The number of hydrogen-bond donors (Lipinski definition) is 1. The molecule has 0 aliphatic rings. The lowest BCUT2D eigenvalue weighted by Crippen LogP contribution is -2.11. The van der Waals surface area contributed by atoms with Crippen LogP contribution in [0.25, 0.3) is 10.9 Å². The van der Waals surface area contributed by atoms with Crippen LogP contribution in [0, 0.1) is 5.82 Å². The first-order chi connectivity index (χ1) is 11.2. The molecule has 0 unspecified atom stereocenters. The van der Waals surface area contributed by atoms with Crippen LogP contribution in [0.1, 0.15) is 30.4 Å². The quantitative estimate of drug-likeness (QED) is 0.710. The van der Waals surface area contributed by atoms with Crippen LogP contribution in [0.3, 0.4) is 0 Å². The van der Waals surface area contributed by atoms with Crippen molar-refractivity contribution in [3.8, 4) is 0 Å². The van der Waals surface area contributed by atoms with E-state index < -0.39 is 0 Å². The van der Waals surface area contributed by atoms with Gasteiger partial charge in [-0.3, -0.25) is 4.79 Å². The Kier molecular flexibility index (Phi) is 4.42. The molecule has 0 saturated carbocycles. The van der Waals surface area contributed by atoms with Gasteiger partial charge in [0.2, 0.25) is 0 Å². The normalized spacial score (nSPS) is 12.3. The van der Waals surface area contributed by atoms with E-state index in [0.717, 1.165) is 22.0 Å². The highest BCUT2D eigenvalue weighted by Gasteiger charge is 2.22. The van der Waals surface area contributed by atoms with Crippen molar-refractivity contribution in [3.63, 3.8) is 0 Å². The number of aromatic nitrogens is 1. The van der Waals surface area contributed by atoms with Gasteiger partial charge in [0.15, 0.2) is 0 Å². The Morgan fingerprint density at radius 2 is 1.91 bits per heavy atom. The summed E-state index contributed by atoms with van der Waals surface area (Å²) in [5.41, 5.74) is 2.92. The van der Waals surface area contributed by atoms with E-state index in [0.29, 0.717) is 6.61 Å². The Hall–Kier alpha value is -2.62. The lowest BCUT2D eigenvalue weighted by atomic mass is 9.88. The highest BCUT2D eigenvalue weighted by molar-refractivity contribution is 5.85. The van der Waals surface area contributed by atoms with Gasteiger partial charge in [-0.2, -0.15) is 0 Å². The summed E-state index contributed by atoms with van der Waals surface area (Å²) in [6, 6.07) is 14.2. The van der Waals surface area contributed by atoms with Crippen LogP contribution >= 0.6 is 0 Å². The molecule has 0 aliphatic heterocycles. The lowest BCUT2D eigenvalue weighted by molar-refractivity contribution is -0.143. The van der Waals surface area contributed by atoms with Crippen LogP contribution in [0.4, 0.5) is 4.39 Å². The third-order valence-corrected chi connectivity index (χ3v) is 3.95. The summed E-state index contributed by atoms with van der Waals surface area (Å²) >= 11 is 0. The number of esters is 1. The fraction of sp³-hybridized carbons (Fsp3) is 0.211. The van der Waals surface area contributed by atoms with Crippen LogP contribution < -0.4 is 0 Å². The molecular weight excluding hydrogens is 293 g/mol. The van der Waals surface area contributed by atoms with Crippen molar-refractivity contribution in [3.05, 3.63) is 71.7 Å². The fourth-order valence-electron chi connectivity index (χ4n) is 2.87. The average Bonchev–Trinajstić information content (AvgIpc) is 2.98. The van der Waals surface area contributed by atoms with E-state index in [1.807, 2.05) is 30.5 Å². The predicted octanol–water partition coefficient (Wildman–Crippen LogP) is 4.39. The van der Waals surface area contributed by atoms with Crippen molar-refractivity contribution >= 4 is 16.9 Å². The first kappa shape index (κ1) is 15.3. The second-order valence-corrected chi connectivity index (χ2v) is 5.40. The van der Waals surface area contributed by atoms with E-state index in [-0.39, 0.29) is 24.1 Å². The smallest absolute Gasteiger partial charge is 0.306 e. The maximum atomic E-state index is 13.2. The molecule has 3 aromatic rings. The van der Waals surface area contributed by atoms with Gasteiger partial charge in [-0.05, 0) is 36.2 Å². The molecule has 3 rings (SSSR count). The van der Waals surface area contributed by atoms with Crippen molar-refractivity contribution in [2.45, 2.75) is 19.3 Å². The second kappa shape index (κ2) is 6.65. The van der Waals surface area contributed by atoms with Crippen molar-refractivity contribution < 1.29 is 13.9 Å². The van der Waals surface area contributed by atoms with E-state index in [1.54, 1.807) is 19.1 Å². The molecule has 1 aromatic heterocycles. The summed E-state index contributed by atoms with van der Waals surface area (Å²) in [7, 11) is 0. The number of carbonyl (C=O) groups excluding carboxylic acids is 1. The average molecular weight is 311 g/mol. The van der Waals surface area contributed by atoms with Gasteiger partial charge in [-0.25, -0.2) is 4.39 Å². The lowest BCUT2D eigenvalue weighted by Gasteiger charge is -2.16.